The fraction of sp³-hybridized carbons (Fsp3) is 0.350. The molecule has 152 valence electrons. The van der Waals surface area contributed by atoms with Crippen LogP contribution in [0, 0.1) is 29.4 Å². The first-order valence-corrected chi connectivity index (χ1v) is 9.50. The zero-order chi connectivity index (χ0) is 21.1. The lowest BCUT2D eigenvalue weighted by molar-refractivity contribution is 0.556. The number of hydrogen-bond donors (Lipinski definition) is 2. The molecule has 0 aliphatic rings. The van der Waals surface area contributed by atoms with Crippen molar-refractivity contribution in [3.63, 3.8) is 0 Å². The van der Waals surface area contributed by atoms with Crippen molar-refractivity contribution in [2.45, 2.75) is 26.8 Å². The minimum atomic E-state index is -0.790. The summed E-state index contributed by atoms with van der Waals surface area (Å²) in [4.78, 5) is 8.17. The molecular weight excluding hydrogens is 398 g/mol. The van der Waals surface area contributed by atoms with Crippen LogP contribution in [-0.2, 0) is 0 Å². The molecule has 2 aromatic heterocycles. The van der Waals surface area contributed by atoms with Crippen molar-refractivity contribution >= 4 is 23.2 Å². The molecular formula is C20H21ClF2N6. The standard InChI is InChI=1S/C20H21ClF2N6/c1-11(2)12(3)27-19-17(18(21)28-20-25-10-26-29(19)20)16-14(22)8-13(9-15(16)23)6-5-7-24-4/h8-12,24,27H,7H2,1-4H3/t12-/m1/s1. The third-order valence-corrected chi connectivity index (χ3v) is 4.81. The number of fused-ring (bicyclic) bond motifs is 1. The second kappa shape index (κ2) is 8.72. The molecule has 0 fully saturated rings. The van der Waals surface area contributed by atoms with Crippen molar-refractivity contribution in [3.8, 4) is 23.0 Å². The fourth-order valence-electron chi connectivity index (χ4n) is 2.67. The highest BCUT2D eigenvalue weighted by Crippen LogP contribution is 2.38. The van der Waals surface area contributed by atoms with Gasteiger partial charge in [0.25, 0.3) is 5.78 Å². The van der Waals surface area contributed by atoms with Gasteiger partial charge in [-0.2, -0.15) is 19.6 Å². The van der Waals surface area contributed by atoms with Crippen molar-refractivity contribution in [1.82, 2.24) is 24.9 Å². The summed E-state index contributed by atoms with van der Waals surface area (Å²) in [7, 11) is 1.74. The molecule has 1 aromatic carbocycles. The molecule has 0 amide bonds. The molecule has 2 N–H and O–H groups in total. The Kier molecular flexibility index (Phi) is 6.30. The van der Waals surface area contributed by atoms with Gasteiger partial charge in [0.1, 0.15) is 28.9 Å². The maximum atomic E-state index is 15.0. The molecule has 0 saturated heterocycles. The van der Waals surface area contributed by atoms with Gasteiger partial charge in [0.05, 0.1) is 17.7 Å². The van der Waals surface area contributed by atoms with Crippen molar-refractivity contribution in [3.05, 3.63) is 40.8 Å². The Balaban J connectivity index is 2.22. The Labute approximate surface area is 172 Å². The van der Waals surface area contributed by atoms with Crippen LogP contribution in [0.2, 0.25) is 5.15 Å². The minimum Gasteiger partial charge on any atom is -0.367 e. The van der Waals surface area contributed by atoms with E-state index in [0.29, 0.717) is 12.4 Å². The van der Waals surface area contributed by atoms with Crippen LogP contribution in [-0.4, -0.2) is 39.2 Å². The number of rotatable bonds is 5. The summed E-state index contributed by atoms with van der Waals surface area (Å²) >= 11 is 6.35. The van der Waals surface area contributed by atoms with Crippen LogP contribution in [0.3, 0.4) is 0 Å². The summed E-state index contributed by atoms with van der Waals surface area (Å²) in [5.41, 5.74) is 0.0226. The van der Waals surface area contributed by atoms with Gasteiger partial charge in [0.2, 0.25) is 0 Å². The quantitative estimate of drug-likeness (QED) is 0.488. The summed E-state index contributed by atoms with van der Waals surface area (Å²) in [5, 5.41) is 10.2. The van der Waals surface area contributed by atoms with Crippen LogP contribution in [0.25, 0.3) is 16.9 Å². The van der Waals surface area contributed by atoms with Gasteiger partial charge in [-0.05, 0) is 32.0 Å². The zero-order valence-corrected chi connectivity index (χ0v) is 17.3. The minimum absolute atomic E-state index is 0.0302. The Morgan fingerprint density at radius 2 is 1.86 bits per heavy atom. The van der Waals surface area contributed by atoms with Crippen LogP contribution >= 0.6 is 11.6 Å². The molecule has 3 aromatic rings. The van der Waals surface area contributed by atoms with E-state index in [1.807, 2.05) is 20.8 Å². The van der Waals surface area contributed by atoms with E-state index >= 15 is 8.78 Å². The van der Waals surface area contributed by atoms with Crippen molar-refractivity contribution in [2.24, 2.45) is 5.92 Å². The van der Waals surface area contributed by atoms with Gasteiger partial charge in [-0.15, -0.1) is 0 Å². The third-order valence-electron chi connectivity index (χ3n) is 4.54. The highest BCUT2D eigenvalue weighted by atomic mass is 35.5. The zero-order valence-electron chi connectivity index (χ0n) is 16.5. The molecule has 0 bridgehead atoms. The normalized spacial score (nSPS) is 12.1. The van der Waals surface area contributed by atoms with Crippen molar-refractivity contribution in [2.75, 3.05) is 18.9 Å². The largest absolute Gasteiger partial charge is 0.367 e. The van der Waals surface area contributed by atoms with Gasteiger partial charge >= 0.3 is 0 Å². The van der Waals surface area contributed by atoms with Gasteiger partial charge in [0, 0.05) is 11.6 Å². The maximum absolute atomic E-state index is 15.0. The lowest BCUT2D eigenvalue weighted by atomic mass is 10.0. The Bertz CT molecular complexity index is 1080. The first-order chi connectivity index (χ1) is 13.8. The average molecular weight is 419 g/mol. The topological polar surface area (TPSA) is 67.1 Å². The predicted molar refractivity (Wildman–Crippen MR) is 110 cm³/mol. The number of halogens is 3. The molecule has 0 saturated carbocycles. The Hall–Kier alpha value is -2.76. The maximum Gasteiger partial charge on any atom is 0.255 e. The molecule has 9 heteroatoms. The van der Waals surface area contributed by atoms with Crippen LogP contribution in [0.1, 0.15) is 26.3 Å². The summed E-state index contributed by atoms with van der Waals surface area (Å²) in [6, 6.07) is 2.33. The lowest BCUT2D eigenvalue weighted by Gasteiger charge is -2.22. The number of nitrogens with zero attached hydrogens (tertiary/aromatic N) is 4. The summed E-state index contributed by atoms with van der Waals surface area (Å²) in [5.74, 6) is 4.72. The molecule has 0 radical (unpaired) electrons. The second-order valence-corrected chi connectivity index (χ2v) is 7.28. The van der Waals surface area contributed by atoms with E-state index in [1.165, 1.54) is 23.0 Å². The number of nitrogens with one attached hydrogen (secondary N) is 2. The van der Waals surface area contributed by atoms with Gasteiger partial charge in [-0.1, -0.05) is 37.3 Å². The van der Waals surface area contributed by atoms with E-state index in [2.05, 4.69) is 37.5 Å². The number of benzene rings is 1. The summed E-state index contributed by atoms with van der Waals surface area (Å²) in [6.45, 7) is 6.42. The monoisotopic (exact) mass is 418 g/mol. The van der Waals surface area contributed by atoms with E-state index in [4.69, 9.17) is 11.6 Å². The molecule has 6 nitrogen and oxygen atoms in total. The van der Waals surface area contributed by atoms with Gasteiger partial charge in [0.15, 0.2) is 0 Å². The number of aromatic nitrogens is 4. The Morgan fingerprint density at radius 3 is 2.48 bits per heavy atom. The van der Waals surface area contributed by atoms with E-state index in [1.54, 1.807) is 7.05 Å². The van der Waals surface area contributed by atoms with E-state index in [0.717, 1.165) is 0 Å². The fourth-order valence-corrected chi connectivity index (χ4v) is 2.93. The summed E-state index contributed by atoms with van der Waals surface area (Å²) in [6.07, 6.45) is 1.31. The lowest BCUT2D eigenvalue weighted by Crippen LogP contribution is -2.24. The molecule has 1 atom stereocenters. The second-order valence-electron chi connectivity index (χ2n) is 6.92. The van der Waals surface area contributed by atoms with E-state index in [9.17, 15) is 0 Å². The molecule has 2 heterocycles. The number of hydrogen-bond acceptors (Lipinski definition) is 5. The number of anilines is 1. The van der Waals surface area contributed by atoms with Gasteiger partial charge < -0.3 is 10.6 Å². The first-order valence-electron chi connectivity index (χ1n) is 9.12. The van der Waals surface area contributed by atoms with Gasteiger partial charge in [-0.25, -0.2) is 8.78 Å². The molecule has 29 heavy (non-hydrogen) atoms. The highest BCUT2D eigenvalue weighted by Gasteiger charge is 2.25. The molecule has 0 unspecified atom stereocenters. The molecule has 0 aliphatic carbocycles. The van der Waals surface area contributed by atoms with Crippen LogP contribution in [0.5, 0.6) is 0 Å². The van der Waals surface area contributed by atoms with Crippen LogP contribution < -0.4 is 10.6 Å². The first kappa shape index (κ1) is 21.0. The molecule has 0 aliphatic heterocycles. The average Bonchev–Trinajstić information content (AvgIpc) is 3.11. The SMILES string of the molecule is CNCC#Cc1cc(F)c(-c2c(Cl)nc3ncnn3c2N[C@H](C)C(C)C)c(F)c1. The van der Waals surface area contributed by atoms with E-state index < -0.39 is 11.6 Å². The predicted octanol–water partition coefficient (Wildman–Crippen LogP) is 3.75. The Morgan fingerprint density at radius 1 is 1.17 bits per heavy atom. The van der Waals surface area contributed by atoms with Crippen LogP contribution in [0.4, 0.5) is 14.6 Å². The molecule has 3 rings (SSSR count). The van der Waals surface area contributed by atoms with Crippen molar-refractivity contribution < 1.29 is 8.78 Å². The van der Waals surface area contributed by atoms with Gasteiger partial charge in [-0.3, -0.25) is 0 Å². The summed E-state index contributed by atoms with van der Waals surface area (Å²) < 4.78 is 31.4. The molecule has 0 spiro atoms. The van der Waals surface area contributed by atoms with E-state index in [-0.39, 0.29) is 39.6 Å². The smallest absolute Gasteiger partial charge is 0.255 e. The third kappa shape index (κ3) is 4.31. The highest BCUT2D eigenvalue weighted by molar-refractivity contribution is 6.33. The van der Waals surface area contributed by atoms with Crippen molar-refractivity contribution in [1.29, 1.82) is 0 Å². The van der Waals surface area contributed by atoms with Crippen LogP contribution in [0.15, 0.2) is 18.5 Å².